The Bertz CT molecular complexity index is 939. The third kappa shape index (κ3) is 3.72. The standard InChI is InChI=1S/C15H15N7O4/c1-10(26-12-5-3-11(4-6-12)22(23)24)13-7-8-16-15-19-14(20-21(13)15)17-9-18-25-2/h3-10H,1-2H3,(H,17,18,20)/t10-/m1/s1. The Kier molecular flexibility index (Phi) is 4.99. The molecule has 0 spiro atoms. The maximum Gasteiger partial charge on any atom is 0.272 e. The van der Waals surface area contributed by atoms with Crippen molar-refractivity contribution in [2.24, 2.45) is 4.99 Å². The molecule has 0 radical (unpaired) electrons. The van der Waals surface area contributed by atoms with Gasteiger partial charge >= 0.3 is 0 Å². The number of nitro benzene ring substituents is 1. The highest BCUT2D eigenvalue weighted by molar-refractivity contribution is 5.57. The molecule has 0 fully saturated rings. The van der Waals surface area contributed by atoms with Crippen LogP contribution in [0.15, 0.2) is 41.5 Å². The number of non-ortho nitro benzene ring substituents is 1. The number of nitrogens with one attached hydrogen (secondary N) is 1. The molecule has 2 aromatic heterocycles. The number of benzene rings is 1. The van der Waals surface area contributed by atoms with E-state index in [0.29, 0.717) is 17.2 Å². The van der Waals surface area contributed by atoms with Gasteiger partial charge in [0.15, 0.2) is 0 Å². The summed E-state index contributed by atoms with van der Waals surface area (Å²) in [7, 11) is 1.46. The van der Waals surface area contributed by atoms with Crippen molar-refractivity contribution in [2.75, 3.05) is 7.11 Å². The fourth-order valence-corrected chi connectivity index (χ4v) is 2.21. The topological polar surface area (TPSA) is 129 Å². The van der Waals surface area contributed by atoms with Gasteiger partial charge in [0.1, 0.15) is 18.2 Å². The molecular formula is C15H15N7O4. The van der Waals surface area contributed by atoms with E-state index in [4.69, 9.17) is 4.74 Å². The predicted molar refractivity (Wildman–Crippen MR) is 91.2 cm³/mol. The van der Waals surface area contributed by atoms with Gasteiger partial charge in [-0.05, 0) is 25.1 Å². The van der Waals surface area contributed by atoms with Crippen LogP contribution in [0.1, 0.15) is 18.7 Å². The molecule has 0 amide bonds. The summed E-state index contributed by atoms with van der Waals surface area (Å²) in [5.74, 6) is 1.07. The van der Waals surface area contributed by atoms with Crippen molar-refractivity contribution < 1.29 is 14.5 Å². The molecule has 26 heavy (non-hydrogen) atoms. The zero-order valence-corrected chi connectivity index (χ0v) is 13.9. The number of hydrogen-bond acceptors (Lipinski definition) is 8. The monoisotopic (exact) mass is 357 g/mol. The minimum atomic E-state index is -0.463. The van der Waals surface area contributed by atoms with Gasteiger partial charge in [-0.1, -0.05) is 0 Å². The summed E-state index contributed by atoms with van der Waals surface area (Å²) >= 11 is 0. The van der Waals surface area contributed by atoms with E-state index in [1.165, 1.54) is 30.1 Å². The largest absolute Gasteiger partial charge is 0.484 e. The lowest BCUT2D eigenvalue weighted by Gasteiger charge is -2.15. The summed E-state index contributed by atoms with van der Waals surface area (Å²) in [6, 6.07) is 7.60. The zero-order chi connectivity index (χ0) is 18.5. The molecule has 134 valence electrons. The summed E-state index contributed by atoms with van der Waals surface area (Å²) < 4.78 is 7.36. The number of nitro groups is 1. The summed E-state index contributed by atoms with van der Waals surface area (Å²) in [6.45, 7) is 1.83. The average Bonchev–Trinajstić information content (AvgIpc) is 3.05. The maximum absolute atomic E-state index is 10.7. The highest BCUT2D eigenvalue weighted by Crippen LogP contribution is 2.24. The number of hydroxylamine groups is 1. The SMILES string of the molecule is CONC=Nc1nc2nccc([C@@H](C)Oc3ccc([N+](=O)[O-])cc3)n2n1. The summed E-state index contributed by atoms with van der Waals surface area (Å²) in [5, 5.41) is 15.0. The fraction of sp³-hybridized carbons (Fsp3) is 0.200. The highest BCUT2D eigenvalue weighted by atomic mass is 16.6. The molecule has 3 rings (SSSR count). The van der Waals surface area contributed by atoms with Crippen molar-refractivity contribution in [1.82, 2.24) is 25.1 Å². The molecule has 1 aromatic carbocycles. The van der Waals surface area contributed by atoms with Crippen molar-refractivity contribution in [3.63, 3.8) is 0 Å². The lowest BCUT2D eigenvalue weighted by atomic mass is 10.2. The Labute approximate surface area is 147 Å². The van der Waals surface area contributed by atoms with E-state index >= 15 is 0 Å². The van der Waals surface area contributed by atoms with Gasteiger partial charge in [0.05, 0.1) is 17.7 Å². The Hall–Kier alpha value is -3.60. The van der Waals surface area contributed by atoms with Gasteiger partial charge in [-0.2, -0.15) is 14.5 Å². The van der Waals surface area contributed by atoms with Crippen molar-refractivity contribution in [3.05, 3.63) is 52.3 Å². The number of hydrogen-bond donors (Lipinski definition) is 1. The van der Waals surface area contributed by atoms with E-state index in [2.05, 4.69) is 30.4 Å². The van der Waals surface area contributed by atoms with Gasteiger partial charge in [0.25, 0.3) is 17.4 Å². The van der Waals surface area contributed by atoms with E-state index in [1.807, 2.05) is 6.92 Å². The summed E-state index contributed by atoms with van der Waals surface area (Å²) in [5.41, 5.74) is 3.15. The van der Waals surface area contributed by atoms with Crippen LogP contribution in [0.5, 0.6) is 5.75 Å². The molecule has 2 heterocycles. The molecule has 1 atom stereocenters. The second kappa shape index (κ2) is 7.53. The van der Waals surface area contributed by atoms with Crippen LogP contribution in [0.3, 0.4) is 0 Å². The number of rotatable bonds is 7. The number of aromatic nitrogens is 4. The molecule has 3 aromatic rings. The lowest BCUT2D eigenvalue weighted by molar-refractivity contribution is -0.384. The Balaban J connectivity index is 1.83. The Morgan fingerprint density at radius 3 is 2.81 bits per heavy atom. The third-order valence-corrected chi connectivity index (χ3v) is 3.39. The number of nitrogens with zero attached hydrogens (tertiary/aromatic N) is 6. The van der Waals surface area contributed by atoms with Gasteiger partial charge in [0.2, 0.25) is 0 Å². The fourth-order valence-electron chi connectivity index (χ4n) is 2.21. The van der Waals surface area contributed by atoms with Crippen LogP contribution in [0, 0.1) is 10.1 Å². The van der Waals surface area contributed by atoms with Crippen molar-refractivity contribution in [3.8, 4) is 5.75 Å². The molecule has 11 nitrogen and oxygen atoms in total. The second-order valence-corrected chi connectivity index (χ2v) is 5.08. The average molecular weight is 357 g/mol. The number of aliphatic imine (C=N–C) groups is 1. The molecule has 0 bridgehead atoms. The minimum Gasteiger partial charge on any atom is -0.484 e. The van der Waals surface area contributed by atoms with Gasteiger partial charge < -0.3 is 4.74 Å². The van der Waals surface area contributed by atoms with Gasteiger partial charge in [-0.3, -0.25) is 20.4 Å². The van der Waals surface area contributed by atoms with Crippen LogP contribution in [-0.2, 0) is 4.84 Å². The van der Waals surface area contributed by atoms with Gasteiger partial charge in [-0.25, -0.2) is 4.98 Å². The van der Waals surface area contributed by atoms with Crippen molar-refractivity contribution in [2.45, 2.75) is 13.0 Å². The van der Waals surface area contributed by atoms with Crippen LogP contribution >= 0.6 is 0 Å². The molecule has 0 aliphatic rings. The minimum absolute atomic E-state index is 0.000229. The first-order valence-corrected chi connectivity index (χ1v) is 7.52. The predicted octanol–water partition coefficient (Wildman–Crippen LogP) is 1.98. The van der Waals surface area contributed by atoms with Crippen LogP contribution in [0.25, 0.3) is 5.78 Å². The molecule has 1 N–H and O–H groups in total. The van der Waals surface area contributed by atoms with Crippen LogP contribution in [0.4, 0.5) is 11.6 Å². The van der Waals surface area contributed by atoms with E-state index in [1.54, 1.807) is 24.4 Å². The molecule has 0 saturated heterocycles. The normalized spacial score (nSPS) is 12.4. The van der Waals surface area contributed by atoms with Crippen molar-refractivity contribution in [1.29, 1.82) is 0 Å². The van der Waals surface area contributed by atoms with Crippen LogP contribution in [0.2, 0.25) is 0 Å². The zero-order valence-electron chi connectivity index (χ0n) is 13.9. The first-order valence-electron chi connectivity index (χ1n) is 7.52. The Morgan fingerprint density at radius 1 is 1.35 bits per heavy atom. The number of ether oxygens (including phenoxy) is 1. The molecule has 0 aliphatic carbocycles. The second-order valence-electron chi connectivity index (χ2n) is 5.08. The first kappa shape index (κ1) is 17.2. The smallest absolute Gasteiger partial charge is 0.272 e. The molecule has 0 saturated carbocycles. The van der Waals surface area contributed by atoms with Gasteiger partial charge in [-0.15, -0.1) is 5.10 Å². The van der Waals surface area contributed by atoms with E-state index in [9.17, 15) is 10.1 Å². The summed E-state index contributed by atoms with van der Waals surface area (Å²) in [6.07, 6.45) is 2.50. The lowest BCUT2D eigenvalue weighted by Crippen LogP contribution is -2.10. The van der Waals surface area contributed by atoms with E-state index in [-0.39, 0.29) is 11.6 Å². The van der Waals surface area contributed by atoms with E-state index < -0.39 is 11.0 Å². The molecular weight excluding hydrogens is 342 g/mol. The highest BCUT2D eigenvalue weighted by Gasteiger charge is 2.15. The third-order valence-electron chi connectivity index (χ3n) is 3.39. The van der Waals surface area contributed by atoms with Crippen molar-refractivity contribution >= 4 is 23.8 Å². The molecule has 11 heteroatoms. The van der Waals surface area contributed by atoms with Gasteiger partial charge in [0, 0.05) is 18.3 Å². The molecule has 0 unspecified atom stereocenters. The van der Waals surface area contributed by atoms with Crippen LogP contribution < -0.4 is 10.2 Å². The maximum atomic E-state index is 10.7. The Morgan fingerprint density at radius 2 is 2.12 bits per heavy atom. The molecule has 0 aliphatic heterocycles. The number of fused-ring (bicyclic) bond motifs is 1. The van der Waals surface area contributed by atoms with Crippen LogP contribution in [-0.4, -0.2) is 38.0 Å². The first-order chi connectivity index (χ1) is 12.6. The summed E-state index contributed by atoms with van der Waals surface area (Å²) in [4.78, 5) is 27.2. The quantitative estimate of drug-likeness (QED) is 0.294. The van der Waals surface area contributed by atoms with E-state index in [0.717, 1.165) is 0 Å².